The van der Waals surface area contributed by atoms with Crippen molar-refractivity contribution < 1.29 is 4.79 Å². The van der Waals surface area contributed by atoms with Crippen LogP contribution in [0.2, 0.25) is 0 Å². The van der Waals surface area contributed by atoms with Gasteiger partial charge in [0.25, 0.3) is 0 Å². The van der Waals surface area contributed by atoms with Gasteiger partial charge in [-0.05, 0) is 44.4 Å². The van der Waals surface area contributed by atoms with E-state index in [4.69, 9.17) is 4.98 Å². The maximum atomic E-state index is 12.9. The van der Waals surface area contributed by atoms with Gasteiger partial charge in [-0.25, -0.2) is 4.98 Å². The molecular weight excluding hydrogens is 365 g/mol. The second-order valence-electron chi connectivity index (χ2n) is 6.25. The van der Waals surface area contributed by atoms with Crippen LogP contribution in [0, 0.1) is 5.92 Å². The minimum Gasteiger partial charge on any atom is -0.333 e. The molecule has 1 amide bonds. The fourth-order valence-corrected chi connectivity index (χ4v) is 4.73. The van der Waals surface area contributed by atoms with E-state index in [-0.39, 0.29) is 36.8 Å². The van der Waals surface area contributed by atoms with Crippen molar-refractivity contribution in [2.24, 2.45) is 5.92 Å². The van der Waals surface area contributed by atoms with Gasteiger partial charge in [0.15, 0.2) is 0 Å². The number of likely N-dealkylation sites (tertiary alicyclic amines) is 1. The van der Waals surface area contributed by atoms with Gasteiger partial charge in [0.2, 0.25) is 5.91 Å². The monoisotopic (exact) mass is 387 g/mol. The van der Waals surface area contributed by atoms with E-state index in [9.17, 15) is 4.79 Å². The summed E-state index contributed by atoms with van der Waals surface area (Å²) in [5.41, 5.74) is 1.06. The molecule has 3 heterocycles. The van der Waals surface area contributed by atoms with Gasteiger partial charge in [0, 0.05) is 13.1 Å². The van der Waals surface area contributed by atoms with Crippen LogP contribution in [0.15, 0.2) is 24.3 Å². The lowest BCUT2D eigenvalue weighted by Gasteiger charge is -2.30. The fraction of sp³-hybridized carbons (Fsp3) is 0.529. The first kappa shape index (κ1) is 19.4. The number of amides is 1. The molecule has 2 unspecified atom stereocenters. The second-order valence-corrected chi connectivity index (χ2v) is 7.31. The molecule has 24 heavy (non-hydrogen) atoms. The van der Waals surface area contributed by atoms with E-state index in [0.717, 1.165) is 55.8 Å². The summed E-state index contributed by atoms with van der Waals surface area (Å²) >= 11 is 1.74. The van der Waals surface area contributed by atoms with Crippen molar-refractivity contribution in [3.63, 3.8) is 0 Å². The third kappa shape index (κ3) is 3.69. The van der Waals surface area contributed by atoms with Gasteiger partial charge < -0.3 is 10.2 Å². The quantitative estimate of drug-likeness (QED) is 0.851. The van der Waals surface area contributed by atoms with Crippen LogP contribution < -0.4 is 5.32 Å². The third-order valence-electron chi connectivity index (χ3n) is 4.78. The lowest BCUT2D eigenvalue weighted by atomic mass is 9.98. The van der Waals surface area contributed by atoms with Crippen molar-refractivity contribution in [2.75, 3.05) is 19.6 Å². The molecule has 2 fully saturated rings. The lowest BCUT2D eigenvalue weighted by Crippen LogP contribution is -2.42. The number of nitrogens with one attached hydrogen (secondary N) is 1. The smallest absolute Gasteiger partial charge is 0.227 e. The molecule has 2 aliphatic rings. The summed E-state index contributed by atoms with van der Waals surface area (Å²) in [6, 6.07) is 8.43. The van der Waals surface area contributed by atoms with Gasteiger partial charge >= 0.3 is 0 Å². The molecule has 4 rings (SSSR count). The highest BCUT2D eigenvalue weighted by atomic mass is 35.5. The maximum Gasteiger partial charge on any atom is 0.227 e. The van der Waals surface area contributed by atoms with Crippen molar-refractivity contribution >= 4 is 52.3 Å². The van der Waals surface area contributed by atoms with Gasteiger partial charge in [-0.1, -0.05) is 12.1 Å². The molecule has 1 N–H and O–H groups in total. The zero-order valence-corrected chi connectivity index (χ0v) is 15.9. The summed E-state index contributed by atoms with van der Waals surface area (Å²) in [7, 11) is 0. The number of nitrogens with zero attached hydrogens (tertiary/aromatic N) is 2. The van der Waals surface area contributed by atoms with Crippen LogP contribution in [0.5, 0.6) is 0 Å². The zero-order valence-electron chi connectivity index (χ0n) is 13.4. The number of fused-ring (bicyclic) bond motifs is 1. The Morgan fingerprint density at radius 2 is 2.04 bits per heavy atom. The van der Waals surface area contributed by atoms with Crippen molar-refractivity contribution in [1.29, 1.82) is 0 Å². The lowest BCUT2D eigenvalue weighted by molar-refractivity contribution is -0.137. The molecule has 0 aliphatic carbocycles. The van der Waals surface area contributed by atoms with Gasteiger partial charge in [-0.2, -0.15) is 0 Å². The summed E-state index contributed by atoms with van der Waals surface area (Å²) < 4.78 is 1.22. The Hall–Kier alpha value is -0.880. The fourth-order valence-electron chi connectivity index (χ4n) is 3.62. The number of carbonyl (C=O) groups is 1. The van der Waals surface area contributed by atoms with E-state index in [1.54, 1.807) is 11.3 Å². The normalized spacial score (nSPS) is 23.6. The number of aromatic nitrogens is 1. The Balaban J connectivity index is 0.00000104. The van der Waals surface area contributed by atoms with Gasteiger partial charge in [-0.3, -0.25) is 4.79 Å². The van der Waals surface area contributed by atoms with Crippen LogP contribution >= 0.6 is 36.2 Å². The molecule has 0 bridgehead atoms. The highest BCUT2D eigenvalue weighted by Gasteiger charge is 2.35. The Labute approximate surface area is 158 Å². The predicted molar refractivity (Wildman–Crippen MR) is 103 cm³/mol. The highest BCUT2D eigenvalue weighted by molar-refractivity contribution is 7.18. The van der Waals surface area contributed by atoms with E-state index >= 15 is 0 Å². The highest BCUT2D eigenvalue weighted by Crippen LogP contribution is 2.37. The van der Waals surface area contributed by atoms with E-state index in [0.29, 0.717) is 5.91 Å². The summed E-state index contributed by atoms with van der Waals surface area (Å²) in [5.74, 6) is 0.484. The SMILES string of the molecule is Cl.Cl.O=C(C1CCCNC1)N1CCCC1c1nc2ccccc2s1. The number of piperidine rings is 1. The average molecular weight is 388 g/mol. The van der Waals surface area contributed by atoms with Crippen LogP contribution in [0.1, 0.15) is 36.7 Å². The molecular formula is C17H23Cl2N3OS. The molecule has 2 aromatic rings. The largest absolute Gasteiger partial charge is 0.333 e. The standard InChI is InChI=1S/C17H21N3OS.2ClH/c21-17(12-5-3-9-18-11-12)20-10-4-7-14(20)16-19-13-6-1-2-8-15(13)22-16;;/h1-2,6,8,12,14,18H,3-5,7,9-11H2;2*1H. The Morgan fingerprint density at radius 1 is 1.21 bits per heavy atom. The van der Waals surface area contributed by atoms with Crippen LogP contribution in [-0.2, 0) is 4.79 Å². The van der Waals surface area contributed by atoms with Crippen molar-refractivity contribution in [1.82, 2.24) is 15.2 Å². The topological polar surface area (TPSA) is 45.2 Å². The third-order valence-corrected chi connectivity index (χ3v) is 5.92. The van der Waals surface area contributed by atoms with Gasteiger partial charge in [0.05, 0.1) is 22.2 Å². The minimum absolute atomic E-state index is 0. The van der Waals surface area contributed by atoms with Gasteiger partial charge in [-0.15, -0.1) is 36.2 Å². The number of hydrogen-bond acceptors (Lipinski definition) is 4. The maximum absolute atomic E-state index is 12.9. The number of para-hydroxylation sites is 1. The first-order chi connectivity index (χ1) is 10.8. The Bertz CT molecular complexity index is 654. The van der Waals surface area contributed by atoms with Crippen LogP contribution in [0.4, 0.5) is 0 Å². The van der Waals surface area contributed by atoms with Crippen LogP contribution in [-0.4, -0.2) is 35.4 Å². The molecule has 7 heteroatoms. The van der Waals surface area contributed by atoms with Crippen LogP contribution in [0.25, 0.3) is 10.2 Å². The first-order valence-electron chi connectivity index (χ1n) is 8.19. The molecule has 0 radical (unpaired) electrons. The molecule has 132 valence electrons. The van der Waals surface area contributed by atoms with E-state index in [1.807, 2.05) is 6.07 Å². The molecule has 0 saturated carbocycles. The first-order valence-corrected chi connectivity index (χ1v) is 9.01. The number of thiazole rings is 1. The molecule has 1 aromatic heterocycles. The molecule has 2 aliphatic heterocycles. The number of hydrogen-bond donors (Lipinski definition) is 1. The molecule has 2 saturated heterocycles. The molecule has 2 atom stereocenters. The zero-order chi connectivity index (χ0) is 14.9. The second kappa shape index (κ2) is 8.48. The minimum atomic E-state index is 0. The molecule has 0 spiro atoms. The summed E-state index contributed by atoms with van der Waals surface area (Å²) in [6.45, 7) is 2.77. The number of carbonyl (C=O) groups excluding carboxylic acids is 1. The summed E-state index contributed by atoms with van der Waals surface area (Å²) in [6.07, 6.45) is 4.27. The summed E-state index contributed by atoms with van der Waals surface area (Å²) in [4.78, 5) is 19.7. The van der Waals surface area contributed by atoms with Crippen molar-refractivity contribution in [3.05, 3.63) is 29.3 Å². The number of halogens is 2. The van der Waals surface area contributed by atoms with Crippen LogP contribution in [0.3, 0.4) is 0 Å². The van der Waals surface area contributed by atoms with E-state index in [1.165, 1.54) is 4.70 Å². The average Bonchev–Trinajstić information content (AvgIpc) is 3.21. The number of benzene rings is 1. The van der Waals surface area contributed by atoms with Crippen molar-refractivity contribution in [3.8, 4) is 0 Å². The Morgan fingerprint density at radius 3 is 2.79 bits per heavy atom. The van der Waals surface area contributed by atoms with Crippen molar-refractivity contribution in [2.45, 2.75) is 31.7 Å². The molecule has 1 aromatic carbocycles. The predicted octanol–water partition coefficient (Wildman–Crippen LogP) is 3.80. The Kier molecular flexibility index (Phi) is 6.87. The molecule has 4 nitrogen and oxygen atoms in total. The van der Waals surface area contributed by atoms with E-state index in [2.05, 4.69) is 28.4 Å². The van der Waals surface area contributed by atoms with Gasteiger partial charge in [0.1, 0.15) is 5.01 Å². The van der Waals surface area contributed by atoms with E-state index < -0.39 is 0 Å². The summed E-state index contributed by atoms with van der Waals surface area (Å²) in [5, 5.41) is 4.46. The number of rotatable bonds is 2.